The number of hydrogen-bond acceptors (Lipinski definition) is 2. The summed E-state index contributed by atoms with van der Waals surface area (Å²) in [6.07, 6.45) is 1.83. The Morgan fingerprint density at radius 3 is 3.00 bits per heavy atom. The third-order valence-electron chi connectivity index (χ3n) is 1.68. The predicted octanol–water partition coefficient (Wildman–Crippen LogP) is 1.87. The van der Waals surface area contributed by atoms with Crippen molar-refractivity contribution in [2.24, 2.45) is 0 Å². The van der Waals surface area contributed by atoms with Crippen LogP contribution >= 0.6 is 28.3 Å². The largest absolute Gasteiger partial charge is 0.307 e. The molecule has 1 aromatic rings. The number of rotatable bonds is 0. The molecule has 2 nitrogen and oxygen atoms in total. The Balaban J connectivity index is 0.000000605. The molecule has 2 rings (SSSR count). The van der Waals surface area contributed by atoms with Crippen LogP contribution in [-0.4, -0.2) is 4.98 Å². The third-order valence-corrected chi connectivity index (χ3v) is 2.43. The van der Waals surface area contributed by atoms with Gasteiger partial charge in [-0.05, 0) is 6.07 Å². The highest BCUT2D eigenvalue weighted by molar-refractivity contribution is 9.10. The molecule has 0 spiro atoms. The fraction of sp³-hybridized carbons (Fsp3) is 0.286. The van der Waals surface area contributed by atoms with Gasteiger partial charge in [-0.25, -0.2) is 0 Å². The molecule has 0 fully saturated rings. The summed E-state index contributed by atoms with van der Waals surface area (Å²) >= 11 is 3.47. The van der Waals surface area contributed by atoms with Crippen LogP contribution in [0, 0.1) is 0 Å². The first kappa shape index (κ1) is 8.97. The zero-order valence-corrected chi connectivity index (χ0v) is 8.20. The number of nitrogens with zero attached hydrogens (tertiary/aromatic N) is 1. The molecule has 0 bridgehead atoms. The molecule has 0 unspecified atom stereocenters. The molecule has 0 aromatic carbocycles. The van der Waals surface area contributed by atoms with E-state index in [1.165, 1.54) is 15.7 Å². The topological polar surface area (TPSA) is 24.9 Å². The second-order valence-electron chi connectivity index (χ2n) is 2.32. The van der Waals surface area contributed by atoms with Gasteiger partial charge in [-0.3, -0.25) is 4.98 Å². The predicted molar refractivity (Wildman–Crippen MR) is 49.7 cm³/mol. The number of halogens is 2. The van der Waals surface area contributed by atoms with Gasteiger partial charge in [0.1, 0.15) is 0 Å². The van der Waals surface area contributed by atoms with E-state index in [1.54, 1.807) is 0 Å². The van der Waals surface area contributed by atoms with Gasteiger partial charge in [-0.1, -0.05) is 15.9 Å². The minimum atomic E-state index is 0. The van der Waals surface area contributed by atoms with Gasteiger partial charge in [0.05, 0.1) is 5.69 Å². The van der Waals surface area contributed by atoms with Crippen molar-refractivity contribution < 1.29 is 0 Å². The molecule has 60 valence electrons. The monoisotopic (exact) mass is 234 g/mol. The van der Waals surface area contributed by atoms with Crippen molar-refractivity contribution in [2.75, 3.05) is 0 Å². The Labute approximate surface area is 79.9 Å². The molecule has 0 saturated heterocycles. The molecule has 0 radical (unpaired) electrons. The lowest BCUT2D eigenvalue weighted by molar-refractivity contribution is 0.757. The van der Waals surface area contributed by atoms with Gasteiger partial charge in [-0.2, -0.15) is 0 Å². The number of pyridine rings is 1. The zero-order chi connectivity index (χ0) is 6.97. The smallest absolute Gasteiger partial charge is 0.0597 e. The van der Waals surface area contributed by atoms with Crippen molar-refractivity contribution in [2.45, 2.75) is 13.1 Å². The van der Waals surface area contributed by atoms with Gasteiger partial charge in [0, 0.05) is 29.3 Å². The molecular formula is C7H8BrClN2. The summed E-state index contributed by atoms with van der Waals surface area (Å²) in [7, 11) is 0. The van der Waals surface area contributed by atoms with Crippen LogP contribution in [0.4, 0.5) is 0 Å². The van der Waals surface area contributed by atoms with Crippen LogP contribution in [0.1, 0.15) is 11.3 Å². The van der Waals surface area contributed by atoms with E-state index >= 15 is 0 Å². The molecule has 0 atom stereocenters. The summed E-state index contributed by atoms with van der Waals surface area (Å²) < 4.78 is 1.17. The van der Waals surface area contributed by atoms with Gasteiger partial charge in [-0.15, -0.1) is 12.4 Å². The summed E-state index contributed by atoms with van der Waals surface area (Å²) in [5, 5.41) is 3.24. The summed E-state index contributed by atoms with van der Waals surface area (Å²) in [4.78, 5) is 4.23. The first-order valence-electron chi connectivity index (χ1n) is 3.21. The Morgan fingerprint density at radius 2 is 2.27 bits per heavy atom. The molecule has 1 aliphatic heterocycles. The Kier molecular flexibility index (Phi) is 2.87. The van der Waals surface area contributed by atoms with Crippen LogP contribution in [0.2, 0.25) is 0 Å². The molecule has 4 heteroatoms. The molecule has 1 aliphatic rings. The van der Waals surface area contributed by atoms with Gasteiger partial charge >= 0.3 is 0 Å². The highest BCUT2D eigenvalue weighted by atomic mass is 79.9. The molecule has 2 heterocycles. The standard InChI is InChI=1S/C7H7BrN2.ClH/c8-6-1-2-10-7-4-9-3-5(6)7;/h1-2,9H,3-4H2;1H. The maximum atomic E-state index is 4.23. The molecule has 0 aliphatic carbocycles. The van der Waals surface area contributed by atoms with E-state index in [1.807, 2.05) is 12.3 Å². The summed E-state index contributed by atoms with van der Waals surface area (Å²) in [5.74, 6) is 0. The average molecular weight is 236 g/mol. The minimum Gasteiger partial charge on any atom is -0.307 e. The van der Waals surface area contributed by atoms with Crippen molar-refractivity contribution in [3.63, 3.8) is 0 Å². The lowest BCUT2D eigenvalue weighted by Gasteiger charge is -1.96. The van der Waals surface area contributed by atoms with Crippen LogP contribution in [0.25, 0.3) is 0 Å². The molecule has 0 amide bonds. The number of hydrogen-bond donors (Lipinski definition) is 1. The minimum absolute atomic E-state index is 0. The normalized spacial score (nSPS) is 13.9. The van der Waals surface area contributed by atoms with Gasteiger partial charge in [0.15, 0.2) is 0 Å². The van der Waals surface area contributed by atoms with Crippen molar-refractivity contribution in [3.8, 4) is 0 Å². The third kappa shape index (κ3) is 1.55. The Hall–Kier alpha value is -0.120. The second kappa shape index (κ2) is 3.52. The number of nitrogens with one attached hydrogen (secondary N) is 1. The van der Waals surface area contributed by atoms with Crippen LogP contribution in [0.15, 0.2) is 16.7 Å². The summed E-state index contributed by atoms with van der Waals surface area (Å²) in [6.45, 7) is 1.86. The molecular weight excluding hydrogens is 227 g/mol. The number of fused-ring (bicyclic) bond motifs is 1. The maximum absolute atomic E-state index is 4.23. The quantitative estimate of drug-likeness (QED) is 0.743. The van der Waals surface area contributed by atoms with Crippen molar-refractivity contribution >= 4 is 28.3 Å². The van der Waals surface area contributed by atoms with Crippen LogP contribution in [0.5, 0.6) is 0 Å². The zero-order valence-electron chi connectivity index (χ0n) is 5.80. The lowest BCUT2D eigenvalue weighted by atomic mass is 10.2. The molecule has 11 heavy (non-hydrogen) atoms. The first-order chi connectivity index (χ1) is 4.88. The van der Waals surface area contributed by atoms with E-state index in [0.717, 1.165) is 13.1 Å². The van der Waals surface area contributed by atoms with Crippen LogP contribution in [0.3, 0.4) is 0 Å². The SMILES string of the molecule is Brc1ccnc2c1CNC2.Cl. The van der Waals surface area contributed by atoms with Crippen LogP contribution in [-0.2, 0) is 13.1 Å². The van der Waals surface area contributed by atoms with E-state index in [0.29, 0.717) is 0 Å². The van der Waals surface area contributed by atoms with Gasteiger partial charge in [0.25, 0.3) is 0 Å². The molecule has 0 saturated carbocycles. The molecule has 1 N–H and O–H groups in total. The van der Waals surface area contributed by atoms with Crippen molar-refractivity contribution in [3.05, 3.63) is 28.0 Å². The van der Waals surface area contributed by atoms with Gasteiger partial charge < -0.3 is 5.32 Å². The van der Waals surface area contributed by atoms with E-state index < -0.39 is 0 Å². The Morgan fingerprint density at radius 1 is 1.45 bits per heavy atom. The fourth-order valence-electron chi connectivity index (χ4n) is 1.15. The first-order valence-corrected chi connectivity index (χ1v) is 4.00. The summed E-state index contributed by atoms with van der Waals surface area (Å²) in [5.41, 5.74) is 2.48. The van der Waals surface area contributed by atoms with E-state index in [9.17, 15) is 0 Å². The maximum Gasteiger partial charge on any atom is 0.0597 e. The van der Waals surface area contributed by atoms with Crippen molar-refractivity contribution in [1.29, 1.82) is 0 Å². The van der Waals surface area contributed by atoms with E-state index in [2.05, 4.69) is 26.2 Å². The van der Waals surface area contributed by atoms with Crippen LogP contribution < -0.4 is 5.32 Å². The number of aromatic nitrogens is 1. The highest BCUT2D eigenvalue weighted by Gasteiger charge is 2.12. The molecule has 1 aromatic heterocycles. The van der Waals surface area contributed by atoms with Gasteiger partial charge in [0.2, 0.25) is 0 Å². The lowest BCUT2D eigenvalue weighted by Crippen LogP contribution is -2.00. The fourth-order valence-corrected chi connectivity index (χ4v) is 1.64. The Bertz CT molecular complexity index is 265. The van der Waals surface area contributed by atoms with E-state index in [4.69, 9.17) is 0 Å². The second-order valence-corrected chi connectivity index (χ2v) is 3.18. The van der Waals surface area contributed by atoms with E-state index in [-0.39, 0.29) is 12.4 Å². The average Bonchev–Trinajstić information content (AvgIpc) is 2.36. The highest BCUT2D eigenvalue weighted by Crippen LogP contribution is 2.21. The van der Waals surface area contributed by atoms with Crippen molar-refractivity contribution in [1.82, 2.24) is 10.3 Å². The summed E-state index contributed by atoms with van der Waals surface area (Å²) in [6, 6.07) is 1.98.